The van der Waals surface area contributed by atoms with Crippen molar-refractivity contribution in [3.8, 4) is 11.4 Å². The molecule has 0 radical (unpaired) electrons. The van der Waals surface area contributed by atoms with E-state index in [1.54, 1.807) is 12.1 Å². The van der Waals surface area contributed by atoms with Crippen LogP contribution in [0.4, 0.5) is 4.39 Å². The molecule has 1 aromatic heterocycles. The molecule has 2 heterocycles. The Kier molecular flexibility index (Phi) is 8.07. The van der Waals surface area contributed by atoms with E-state index in [0.29, 0.717) is 18.0 Å². The van der Waals surface area contributed by atoms with Gasteiger partial charge >= 0.3 is 0 Å². The van der Waals surface area contributed by atoms with Gasteiger partial charge in [0, 0.05) is 24.8 Å². The lowest BCUT2D eigenvalue weighted by Crippen LogP contribution is -2.49. The van der Waals surface area contributed by atoms with Crippen molar-refractivity contribution in [3.05, 3.63) is 65.5 Å². The summed E-state index contributed by atoms with van der Waals surface area (Å²) >= 11 is 0. The van der Waals surface area contributed by atoms with Crippen molar-refractivity contribution < 1.29 is 18.7 Å². The average molecular weight is 521 g/mol. The number of tetrazole rings is 1. The molecule has 2 aromatic carbocycles. The number of halogens is 1. The predicted molar refractivity (Wildman–Crippen MR) is 138 cm³/mol. The van der Waals surface area contributed by atoms with Gasteiger partial charge in [-0.2, -0.15) is 4.80 Å². The maximum atomic E-state index is 13.8. The van der Waals surface area contributed by atoms with Gasteiger partial charge in [-0.05, 0) is 55.5 Å². The van der Waals surface area contributed by atoms with Crippen molar-refractivity contribution in [1.82, 2.24) is 30.4 Å². The minimum atomic E-state index is -0.937. The number of benzene rings is 2. The number of aromatic nitrogens is 4. The quantitative estimate of drug-likeness (QED) is 0.463. The monoisotopic (exact) mass is 520 g/mol. The molecular formula is C28H33FN6O3. The first-order valence-electron chi connectivity index (χ1n) is 13.3. The molecule has 2 atom stereocenters. The van der Waals surface area contributed by atoms with Gasteiger partial charge in [-0.3, -0.25) is 9.59 Å². The van der Waals surface area contributed by atoms with Gasteiger partial charge in [-0.25, -0.2) is 4.39 Å². The van der Waals surface area contributed by atoms with Gasteiger partial charge in [-0.1, -0.05) is 54.8 Å². The lowest BCUT2D eigenvalue weighted by atomic mass is 10.0. The van der Waals surface area contributed by atoms with Crippen LogP contribution >= 0.6 is 0 Å². The number of hydrogen-bond donors (Lipinski definition) is 1. The van der Waals surface area contributed by atoms with Crippen LogP contribution in [0.1, 0.15) is 55.7 Å². The smallest absolute Gasteiger partial charge is 0.247 e. The van der Waals surface area contributed by atoms with E-state index in [-0.39, 0.29) is 37.0 Å². The Bertz CT molecular complexity index is 1230. The summed E-state index contributed by atoms with van der Waals surface area (Å²) in [5.74, 6) is -0.611. The zero-order valence-electron chi connectivity index (χ0n) is 21.6. The fraction of sp³-hybridized carbons (Fsp3) is 0.464. The van der Waals surface area contributed by atoms with Gasteiger partial charge in [0.25, 0.3) is 0 Å². The van der Waals surface area contributed by atoms with Crippen molar-refractivity contribution >= 4 is 11.8 Å². The number of aryl methyl sites for hydroxylation is 1. The topological polar surface area (TPSA) is 102 Å². The number of rotatable bonds is 9. The Morgan fingerprint density at radius 3 is 2.50 bits per heavy atom. The molecule has 0 spiro atoms. The van der Waals surface area contributed by atoms with E-state index < -0.39 is 11.9 Å². The van der Waals surface area contributed by atoms with Crippen LogP contribution in [-0.4, -0.2) is 62.2 Å². The lowest BCUT2D eigenvalue weighted by molar-refractivity contribution is -0.143. The Balaban J connectivity index is 1.42. The van der Waals surface area contributed by atoms with E-state index >= 15 is 0 Å². The van der Waals surface area contributed by atoms with Crippen LogP contribution in [0, 0.1) is 12.7 Å². The van der Waals surface area contributed by atoms with E-state index in [2.05, 4.69) is 20.7 Å². The Labute approximate surface area is 221 Å². The highest BCUT2D eigenvalue weighted by atomic mass is 19.1. The van der Waals surface area contributed by atoms with E-state index in [4.69, 9.17) is 4.74 Å². The maximum absolute atomic E-state index is 13.8. The molecule has 200 valence electrons. The molecule has 9 nitrogen and oxygen atoms in total. The second-order valence-corrected chi connectivity index (χ2v) is 10.1. The molecule has 2 fully saturated rings. The Morgan fingerprint density at radius 1 is 1.08 bits per heavy atom. The highest BCUT2D eigenvalue weighted by Crippen LogP contribution is 2.27. The van der Waals surface area contributed by atoms with Gasteiger partial charge in [0.05, 0.1) is 6.10 Å². The third kappa shape index (κ3) is 6.24. The number of nitrogens with one attached hydrogen (secondary N) is 1. The number of ether oxygens (including phenoxy) is 1. The summed E-state index contributed by atoms with van der Waals surface area (Å²) in [6, 6.07) is 12.6. The molecule has 0 unspecified atom stereocenters. The second-order valence-electron chi connectivity index (χ2n) is 10.1. The normalized spacial score (nSPS) is 18.4. The third-order valence-electron chi connectivity index (χ3n) is 7.23. The molecule has 3 aromatic rings. The minimum absolute atomic E-state index is 0.0687. The molecule has 10 heteroatoms. The predicted octanol–water partition coefficient (Wildman–Crippen LogP) is 3.60. The number of hydrogen-bond acceptors (Lipinski definition) is 6. The Morgan fingerprint density at radius 2 is 1.82 bits per heavy atom. The van der Waals surface area contributed by atoms with Crippen LogP contribution in [0.5, 0.6) is 0 Å². The maximum Gasteiger partial charge on any atom is 0.247 e. The third-order valence-corrected chi connectivity index (χ3v) is 7.23. The van der Waals surface area contributed by atoms with Crippen LogP contribution in [0.25, 0.3) is 11.4 Å². The second kappa shape index (κ2) is 11.8. The zero-order chi connectivity index (χ0) is 26.5. The average Bonchev–Trinajstić information content (AvgIpc) is 3.69. The lowest BCUT2D eigenvalue weighted by Gasteiger charge is -2.33. The Hall–Kier alpha value is -3.66. The number of nitrogens with zero attached hydrogens (tertiary/aromatic N) is 5. The van der Waals surface area contributed by atoms with Crippen LogP contribution in [0.3, 0.4) is 0 Å². The first-order valence-corrected chi connectivity index (χ1v) is 13.3. The van der Waals surface area contributed by atoms with Gasteiger partial charge in [-0.15, -0.1) is 10.2 Å². The summed E-state index contributed by atoms with van der Waals surface area (Å²) in [6.45, 7) is 2.65. The zero-order valence-corrected chi connectivity index (χ0v) is 21.6. The molecular weight excluding hydrogens is 487 g/mol. The van der Waals surface area contributed by atoms with Crippen molar-refractivity contribution in [1.29, 1.82) is 0 Å². The molecule has 5 rings (SSSR count). The number of carbonyl (C=O) groups excluding carboxylic acids is 2. The summed E-state index contributed by atoms with van der Waals surface area (Å²) < 4.78 is 19.6. The van der Waals surface area contributed by atoms with Gasteiger partial charge in [0.15, 0.2) is 0 Å². The van der Waals surface area contributed by atoms with Gasteiger partial charge in [0.2, 0.25) is 17.6 Å². The highest BCUT2D eigenvalue weighted by Gasteiger charge is 2.35. The largest absolute Gasteiger partial charge is 0.376 e. The van der Waals surface area contributed by atoms with Crippen LogP contribution in [0.15, 0.2) is 48.5 Å². The van der Waals surface area contributed by atoms with Crippen LogP contribution in [0.2, 0.25) is 0 Å². The van der Waals surface area contributed by atoms with E-state index in [0.717, 1.165) is 49.7 Å². The highest BCUT2D eigenvalue weighted by molar-refractivity contribution is 5.89. The van der Waals surface area contributed by atoms with E-state index in [1.807, 2.05) is 31.2 Å². The molecule has 38 heavy (non-hydrogen) atoms. The van der Waals surface area contributed by atoms with Crippen molar-refractivity contribution in [2.75, 3.05) is 13.2 Å². The standard InChI is InChI=1S/C28H33FN6O3/c1-19-8-10-21(11-9-19)27-31-33-35(32-27)18-25(36)34(17-24-7-4-16-38-24)26(20-12-14-22(29)15-13-20)28(37)30-23-5-2-3-6-23/h8-15,23-24,26H,2-7,16-18H2,1H3,(H,30,37)/t24-,26-/m1/s1. The summed E-state index contributed by atoms with van der Waals surface area (Å²) in [5, 5.41) is 15.7. The molecule has 1 N–H and O–H groups in total. The van der Waals surface area contributed by atoms with Gasteiger partial charge in [0.1, 0.15) is 18.4 Å². The van der Waals surface area contributed by atoms with E-state index in [1.165, 1.54) is 21.8 Å². The van der Waals surface area contributed by atoms with Crippen molar-refractivity contribution in [2.24, 2.45) is 0 Å². The fourth-order valence-electron chi connectivity index (χ4n) is 5.17. The first-order chi connectivity index (χ1) is 18.5. The molecule has 2 aliphatic rings. The number of carbonyl (C=O) groups is 2. The molecule has 1 saturated heterocycles. The first kappa shape index (κ1) is 26.0. The molecule has 2 amide bonds. The summed E-state index contributed by atoms with van der Waals surface area (Å²) in [7, 11) is 0. The molecule has 0 bridgehead atoms. The van der Waals surface area contributed by atoms with Crippen molar-refractivity contribution in [3.63, 3.8) is 0 Å². The summed E-state index contributed by atoms with van der Waals surface area (Å²) in [4.78, 5) is 30.3. The van der Waals surface area contributed by atoms with Gasteiger partial charge < -0.3 is 15.0 Å². The van der Waals surface area contributed by atoms with Crippen molar-refractivity contribution in [2.45, 2.75) is 70.2 Å². The van der Waals surface area contributed by atoms with Crippen LogP contribution in [-0.2, 0) is 20.9 Å². The number of amides is 2. The van der Waals surface area contributed by atoms with E-state index in [9.17, 15) is 14.0 Å². The SMILES string of the molecule is Cc1ccc(-c2nnn(CC(=O)N(C[C@H]3CCCO3)[C@@H](C(=O)NC3CCCC3)c3ccc(F)cc3)n2)cc1. The minimum Gasteiger partial charge on any atom is -0.376 e. The summed E-state index contributed by atoms with van der Waals surface area (Å²) in [6.07, 6.45) is 5.44. The molecule has 1 saturated carbocycles. The molecule has 1 aliphatic carbocycles. The fourth-order valence-corrected chi connectivity index (χ4v) is 5.17. The summed E-state index contributed by atoms with van der Waals surface area (Å²) in [5.41, 5.74) is 2.45. The molecule has 1 aliphatic heterocycles. The van der Waals surface area contributed by atoms with Crippen LogP contribution < -0.4 is 5.32 Å².